The molecule has 2 atom stereocenters. The molecule has 1 aliphatic heterocycles. The van der Waals surface area contributed by atoms with Gasteiger partial charge in [0, 0.05) is 19.5 Å². The van der Waals surface area contributed by atoms with Gasteiger partial charge in [-0.3, -0.25) is 9.59 Å². The minimum absolute atomic E-state index is 0.0779. The molecule has 0 aromatic carbocycles. The molecule has 0 bridgehead atoms. The van der Waals surface area contributed by atoms with Crippen LogP contribution in [0.3, 0.4) is 0 Å². The average molecular weight is 249 g/mol. The van der Waals surface area contributed by atoms with E-state index >= 15 is 0 Å². The van der Waals surface area contributed by atoms with E-state index in [1.807, 2.05) is 6.92 Å². The molecule has 0 spiro atoms. The summed E-state index contributed by atoms with van der Waals surface area (Å²) in [6, 6.07) is 0. The number of aliphatic hydroxyl groups is 1. The van der Waals surface area contributed by atoms with Crippen LogP contribution in [-0.2, 0) is 14.3 Å². The summed E-state index contributed by atoms with van der Waals surface area (Å²) in [5.41, 5.74) is 1.65. The zero-order valence-corrected chi connectivity index (χ0v) is 10.3. The van der Waals surface area contributed by atoms with Gasteiger partial charge in [0.2, 0.25) is 5.91 Å². The van der Waals surface area contributed by atoms with E-state index in [0.717, 1.165) is 11.1 Å². The van der Waals surface area contributed by atoms with Gasteiger partial charge in [-0.15, -0.1) is 0 Å². The van der Waals surface area contributed by atoms with Gasteiger partial charge >= 0.3 is 5.97 Å². The number of nitrogens with one attached hydrogen (secondary N) is 1. The van der Waals surface area contributed by atoms with Gasteiger partial charge in [0.05, 0.1) is 5.92 Å². The number of rotatable bonds is 2. The SMILES string of the molecule is CNC(=O)CC1C(=O)OC2C=C(O)C=CC2=C1C. The standard InChI is InChI=1S/C13H15NO4/c1-7-9-4-3-8(15)5-11(9)18-13(17)10(7)6-12(16)14-2/h3-5,10-11,15H,6H2,1-2H3,(H,14,16). The molecule has 1 amide bonds. The molecule has 0 aromatic rings. The van der Waals surface area contributed by atoms with Crippen LogP contribution < -0.4 is 5.32 Å². The Kier molecular flexibility index (Phi) is 3.23. The molecule has 2 aliphatic rings. The Labute approximate surface area is 105 Å². The number of ether oxygens (including phenoxy) is 1. The molecule has 18 heavy (non-hydrogen) atoms. The topological polar surface area (TPSA) is 75.6 Å². The Morgan fingerprint density at radius 2 is 2.22 bits per heavy atom. The van der Waals surface area contributed by atoms with Crippen LogP contribution in [0.4, 0.5) is 0 Å². The van der Waals surface area contributed by atoms with E-state index in [9.17, 15) is 14.7 Å². The smallest absolute Gasteiger partial charge is 0.314 e. The zero-order valence-electron chi connectivity index (χ0n) is 10.3. The van der Waals surface area contributed by atoms with Crippen molar-refractivity contribution >= 4 is 11.9 Å². The second-order valence-corrected chi connectivity index (χ2v) is 4.35. The van der Waals surface area contributed by atoms with Crippen LogP contribution in [-0.4, -0.2) is 30.1 Å². The summed E-state index contributed by atoms with van der Waals surface area (Å²) in [7, 11) is 1.53. The summed E-state index contributed by atoms with van der Waals surface area (Å²) in [6.07, 6.45) is 4.29. The van der Waals surface area contributed by atoms with Crippen molar-refractivity contribution in [2.45, 2.75) is 19.4 Å². The lowest BCUT2D eigenvalue weighted by atomic mass is 9.86. The number of hydrogen-bond acceptors (Lipinski definition) is 4. The van der Waals surface area contributed by atoms with Crippen molar-refractivity contribution in [1.29, 1.82) is 0 Å². The van der Waals surface area contributed by atoms with E-state index in [1.54, 1.807) is 12.2 Å². The molecule has 5 nitrogen and oxygen atoms in total. The summed E-state index contributed by atoms with van der Waals surface area (Å²) in [4.78, 5) is 23.2. The van der Waals surface area contributed by atoms with Crippen LogP contribution in [0, 0.1) is 5.92 Å². The molecule has 2 N–H and O–H groups in total. The van der Waals surface area contributed by atoms with Crippen LogP contribution >= 0.6 is 0 Å². The van der Waals surface area contributed by atoms with Crippen molar-refractivity contribution in [2.75, 3.05) is 7.05 Å². The highest BCUT2D eigenvalue weighted by atomic mass is 16.5. The van der Waals surface area contributed by atoms with Crippen molar-refractivity contribution in [3.8, 4) is 0 Å². The molecule has 2 unspecified atom stereocenters. The van der Waals surface area contributed by atoms with Crippen LogP contribution in [0.5, 0.6) is 0 Å². The highest BCUT2D eigenvalue weighted by Gasteiger charge is 2.35. The van der Waals surface area contributed by atoms with Gasteiger partial charge in [-0.25, -0.2) is 0 Å². The Morgan fingerprint density at radius 1 is 1.50 bits per heavy atom. The number of fused-ring (bicyclic) bond motifs is 1. The Bertz CT molecular complexity index is 487. The second-order valence-electron chi connectivity index (χ2n) is 4.35. The van der Waals surface area contributed by atoms with Crippen molar-refractivity contribution < 1.29 is 19.4 Å². The number of amides is 1. The van der Waals surface area contributed by atoms with Gasteiger partial charge in [-0.2, -0.15) is 0 Å². The van der Waals surface area contributed by atoms with Gasteiger partial charge in [-0.05, 0) is 18.6 Å². The van der Waals surface area contributed by atoms with Gasteiger partial charge in [0.15, 0.2) is 0 Å². The van der Waals surface area contributed by atoms with Crippen LogP contribution in [0.1, 0.15) is 13.3 Å². The predicted molar refractivity (Wildman–Crippen MR) is 64.6 cm³/mol. The fraction of sp³-hybridized carbons (Fsp3) is 0.385. The second kappa shape index (κ2) is 4.68. The highest BCUT2D eigenvalue weighted by molar-refractivity contribution is 5.86. The lowest BCUT2D eigenvalue weighted by Crippen LogP contribution is -2.35. The van der Waals surface area contributed by atoms with Gasteiger partial charge in [0.25, 0.3) is 0 Å². The minimum Gasteiger partial charge on any atom is -0.508 e. The molecule has 1 aliphatic carbocycles. The van der Waals surface area contributed by atoms with Crippen molar-refractivity contribution in [2.24, 2.45) is 5.92 Å². The predicted octanol–water partition coefficient (Wildman–Crippen LogP) is 0.992. The molecule has 0 radical (unpaired) electrons. The normalized spacial score (nSPS) is 26.3. The monoisotopic (exact) mass is 249 g/mol. The summed E-state index contributed by atoms with van der Waals surface area (Å²) < 4.78 is 5.22. The molecular weight excluding hydrogens is 234 g/mol. The third-order valence-electron chi connectivity index (χ3n) is 3.24. The number of allylic oxidation sites excluding steroid dienone is 1. The van der Waals surface area contributed by atoms with Crippen molar-refractivity contribution in [3.63, 3.8) is 0 Å². The van der Waals surface area contributed by atoms with Crippen molar-refractivity contribution in [3.05, 3.63) is 35.1 Å². The first-order chi connectivity index (χ1) is 8.52. The first-order valence-electron chi connectivity index (χ1n) is 5.73. The summed E-state index contributed by atoms with van der Waals surface area (Å²) in [5, 5.41) is 11.9. The molecule has 96 valence electrons. The van der Waals surface area contributed by atoms with Gasteiger partial charge < -0.3 is 15.2 Å². The molecule has 0 saturated heterocycles. The summed E-state index contributed by atoms with van der Waals surface area (Å²) >= 11 is 0. The lowest BCUT2D eigenvalue weighted by molar-refractivity contribution is -0.152. The first-order valence-corrected chi connectivity index (χ1v) is 5.73. The molecule has 1 heterocycles. The first kappa shape index (κ1) is 12.4. The summed E-state index contributed by atoms with van der Waals surface area (Å²) in [6.45, 7) is 1.82. The van der Waals surface area contributed by atoms with E-state index in [4.69, 9.17) is 4.74 Å². The van der Waals surface area contributed by atoms with Crippen LogP contribution in [0.2, 0.25) is 0 Å². The maximum atomic E-state index is 11.8. The molecule has 0 aromatic heterocycles. The summed E-state index contributed by atoms with van der Waals surface area (Å²) in [5.74, 6) is -1.10. The minimum atomic E-state index is -0.547. The number of carbonyl (C=O) groups is 2. The van der Waals surface area contributed by atoms with E-state index in [0.29, 0.717) is 0 Å². The van der Waals surface area contributed by atoms with Crippen LogP contribution in [0.25, 0.3) is 0 Å². The molecular formula is C13H15NO4. The van der Waals surface area contributed by atoms with E-state index in [1.165, 1.54) is 13.1 Å². The highest BCUT2D eigenvalue weighted by Crippen LogP contribution is 2.33. The van der Waals surface area contributed by atoms with E-state index in [2.05, 4.69) is 5.32 Å². The quantitative estimate of drug-likeness (QED) is 0.716. The van der Waals surface area contributed by atoms with Crippen molar-refractivity contribution in [1.82, 2.24) is 5.32 Å². The lowest BCUT2D eigenvalue weighted by Gasteiger charge is -2.30. The fourth-order valence-corrected chi connectivity index (χ4v) is 2.13. The molecule has 5 heteroatoms. The van der Waals surface area contributed by atoms with E-state index < -0.39 is 18.0 Å². The zero-order chi connectivity index (χ0) is 13.3. The number of hydrogen-bond donors (Lipinski definition) is 2. The number of carbonyl (C=O) groups excluding carboxylic acids is 2. The number of aliphatic hydroxyl groups excluding tert-OH is 1. The van der Waals surface area contributed by atoms with Gasteiger partial charge in [0.1, 0.15) is 11.9 Å². The fourth-order valence-electron chi connectivity index (χ4n) is 2.13. The third-order valence-corrected chi connectivity index (χ3v) is 3.24. The molecule has 0 fully saturated rings. The number of esters is 1. The van der Waals surface area contributed by atoms with Crippen LogP contribution in [0.15, 0.2) is 35.1 Å². The Hall–Kier alpha value is -2.04. The maximum absolute atomic E-state index is 11.8. The van der Waals surface area contributed by atoms with Gasteiger partial charge in [-0.1, -0.05) is 11.6 Å². The molecule has 2 rings (SSSR count). The maximum Gasteiger partial charge on any atom is 0.314 e. The average Bonchev–Trinajstić information content (AvgIpc) is 2.33. The van der Waals surface area contributed by atoms with E-state index in [-0.39, 0.29) is 18.1 Å². The molecule has 0 saturated carbocycles. The Morgan fingerprint density at radius 3 is 2.89 bits per heavy atom. The largest absolute Gasteiger partial charge is 0.508 e. The third kappa shape index (κ3) is 2.16. The Balaban J connectivity index is 2.30.